The molecule has 94 valence electrons. The number of aliphatic hydroxyl groups is 1. The summed E-state index contributed by atoms with van der Waals surface area (Å²) < 4.78 is 0. The minimum atomic E-state index is 0.356. The molecule has 1 atom stereocenters. The van der Waals surface area contributed by atoms with E-state index in [1.807, 2.05) is 0 Å². The van der Waals surface area contributed by atoms with Gasteiger partial charge in [0.15, 0.2) is 0 Å². The zero-order valence-corrected chi connectivity index (χ0v) is 10.5. The van der Waals surface area contributed by atoms with Crippen LogP contribution in [0.2, 0.25) is 0 Å². The molecule has 1 aliphatic heterocycles. The van der Waals surface area contributed by atoms with Crippen LogP contribution < -0.4 is 0 Å². The number of likely N-dealkylation sites (tertiary alicyclic amines) is 1. The fourth-order valence-corrected chi connectivity index (χ4v) is 2.65. The van der Waals surface area contributed by atoms with Crippen molar-refractivity contribution >= 4 is 0 Å². The van der Waals surface area contributed by atoms with Gasteiger partial charge in [-0.3, -0.25) is 0 Å². The number of piperidine rings is 1. The van der Waals surface area contributed by atoms with Crippen molar-refractivity contribution in [2.75, 3.05) is 26.2 Å². The van der Waals surface area contributed by atoms with E-state index < -0.39 is 0 Å². The predicted molar refractivity (Wildman–Crippen MR) is 71.0 cm³/mol. The van der Waals surface area contributed by atoms with Gasteiger partial charge in [-0.25, -0.2) is 0 Å². The van der Waals surface area contributed by atoms with E-state index in [0.29, 0.717) is 12.5 Å². The zero-order chi connectivity index (χ0) is 11.9. The first kappa shape index (κ1) is 12.6. The number of rotatable bonds is 5. The second kappa shape index (κ2) is 6.77. The van der Waals surface area contributed by atoms with Gasteiger partial charge < -0.3 is 10.0 Å². The fraction of sp³-hybridized carbons (Fsp3) is 0.600. The molecule has 0 aliphatic carbocycles. The highest BCUT2D eigenvalue weighted by Gasteiger charge is 2.18. The molecule has 1 unspecified atom stereocenters. The lowest BCUT2D eigenvalue weighted by Crippen LogP contribution is -2.37. The molecule has 0 spiro atoms. The van der Waals surface area contributed by atoms with Gasteiger partial charge in [-0.15, -0.1) is 0 Å². The number of aryl methyl sites for hydroxylation is 1. The van der Waals surface area contributed by atoms with Gasteiger partial charge >= 0.3 is 0 Å². The molecule has 1 aliphatic rings. The van der Waals surface area contributed by atoms with Crippen molar-refractivity contribution in [2.45, 2.75) is 25.7 Å². The molecule has 0 amide bonds. The van der Waals surface area contributed by atoms with Gasteiger partial charge in [0.1, 0.15) is 0 Å². The van der Waals surface area contributed by atoms with Crippen molar-refractivity contribution in [3.63, 3.8) is 0 Å². The van der Waals surface area contributed by atoms with E-state index in [1.54, 1.807) is 0 Å². The SMILES string of the molecule is OCC1CCCN(CCCc2ccccc2)C1. The van der Waals surface area contributed by atoms with Crippen molar-refractivity contribution < 1.29 is 5.11 Å². The summed E-state index contributed by atoms with van der Waals surface area (Å²) in [6.07, 6.45) is 4.84. The first-order valence-corrected chi connectivity index (χ1v) is 6.75. The topological polar surface area (TPSA) is 23.5 Å². The van der Waals surface area contributed by atoms with Crippen molar-refractivity contribution in [2.24, 2.45) is 5.92 Å². The number of nitrogens with zero attached hydrogens (tertiary/aromatic N) is 1. The van der Waals surface area contributed by atoms with Crippen molar-refractivity contribution in [1.29, 1.82) is 0 Å². The fourth-order valence-electron chi connectivity index (χ4n) is 2.65. The van der Waals surface area contributed by atoms with Gasteiger partial charge in [-0.2, -0.15) is 0 Å². The Balaban J connectivity index is 1.68. The minimum Gasteiger partial charge on any atom is -0.396 e. The van der Waals surface area contributed by atoms with Gasteiger partial charge in [0.05, 0.1) is 0 Å². The average molecular weight is 233 g/mol. The Bertz CT molecular complexity index is 312. The van der Waals surface area contributed by atoms with E-state index in [0.717, 1.165) is 6.54 Å². The summed E-state index contributed by atoms with van der Waals surface area (Å²) in [6.45, 7) is 3.83. The Morgan fingerprint density at radius 1 is 1.24 bits per heavy atom. The molecule has 0 aromatic heterocycles. The van der Waals surface area contributed by atoms with Crippen LogP contribution in [0.4, 0.5) is 0 Å². The highest BCUT2D eigenvalue weighted by atomic mass is 16.3. The normalized spacial score (nSPS) is 21.6. The lowest BCUT2D eigenvalue weighted by atomic mass is 9.98. The summed E-state index contributed by atoms with van der Waals surface area (Å²) in [7, 11) is 0. The van der Waals surface area contributed by atoms with Crippen LogP contribution in [-0.2, 0) is 6.42 Å². The molecule has 1 aromatic rings. The molecule has 0 radical (unpaired) electrons. The summed E-state index contributed by atoms with van der Waals surface area (Å²) in [4.78, 5) is 2.51. The quantitative estimate of drug-likeness (QED) is 0.843. The molecule has 0 bridgehead atoms. The zero-order valence-electron chi connectivity index (χ0n) is 10.5. The third kappa shape index (κ3) is 4.14. The van der Waals surface area contributed by atoms with Gasteiger partial charge in [0.25, 0.3) is 0 Å². The standard InChI is InChI=1S/C15H23NO/c17-13-15-9-5-11-16(12-15)10-4-8-14-6-2-1-3-7-14/h1-3,6-7,15,17H,4-5,8-13H2. The van der Waals surface area contributed by atoms with Crippen LogP contribution in [0.15, 0.2) is 30.3 Å². The molecular weight excluding hydrogens is 210 g/mol. The van der Waals surface area contributed by atoms with E-state index >= 15 is 0 Å². The summed E-state index contributed by atoms with van der Waals surface area (Å²) in [5.74, 6) is 0.514. The lowest BCUT2D eigenvalue weighted by molar-refractivity contribution is 0.120. The van der Waals surface area contributed by atoms with E-state index in [4.69, 9.17) is 0 Å². The lowest BCUT2D eigenvalue weighted by Gasteiger charge is -2.31. The maximum atomic E-state index is 9.19. The molecule has 2 nitrogen and oxygen atoms in total. The van der Waals surface area contributed by atoms with Crippen molar-refractivity contribution in [3.05, 3.63) is 35.9 Å². The molecule has 1 fully saturated rings. The van der Waals surface area contributed by atoms with Gasteiger partial charge in [-0.1, -0.05) is 30.3 Å². The van der Waals surface area contributed by atoms with Crippen LogP contribution in [-0.4, -0.2) is 36.2 Å². The molecule has 1 aromatic carbocycles. The van der Waals surface area contributed by atoms with Crippen LogP contribution in [0.1, 0.15) is 24.8 Å². The van der Waals surface area contributed by atoms with E-state index in [1.165, 1.54) is 44.3 Å². The maximum absolute atomic E-state index is 9.19. The van der Waals surface area contributed by atoms with Crippen LogP contribution >= 0.6 is 0 Å². The third-order valence-corrected chi connectivity index (χ3v) is 3.64. The number of hydrogen-bond acceptors (Lipinski definition) is 2. The van der Waals surface area contributed by atoms with Crippen molar-refractivity contribution in [3.8, 4) is 0 Å². The molecule has 17 heavy (non-hydrogen) atoms. The average Bonchev–Trinajstić information content (AvgIpc) is 2.40. The van der Waals surface area contributed by atoms with Crippen LogP contribution in [0.3, 0.4) is 0 Å². The Kier molecular flexibility index (Phi) is 5.02. The largest absolute Gasteiger partial charge is 0.396 e. The minimum absolute atomic E-state index is 0.356. The van der Waals surface area contributed by atoms with E-state index in [-0.39, 0.29) is 0 Å². The highest BCUT2D eigenvalue weighted by Crippen LogP contribution is 2.16. The Morgan fingerprint density at radius 3 is 2.82 bits per heavy atom. The Hall–Kier alpha value is -0.860. The second-order valence-electron chi connectivity index (χ2n) is 5.08. The predicted octanol–water partition coefficient (Wildman–Crippen LogP) is 2.32. The number of benzene rings is 1. The molecule has 1 heterocycles. The number of hydrogen-bond donors (Lipinski definition) is 1. The summed E-state index contributed by atoms with van der Waals surface area (Å²) in [6, 6.07) is 10.7. The highest BCUT2D eigenvalue weighted by molar-refractivity contribution is 5.14. The first-order chi connectivity index (χ1) is 8.38. The van der Waals surface area contributed by atoms with Crippen LogP contribution in [0.25, 0.3) is 0 Å². The van der Waals surface area contributed by atoms with Gasteiger partial charge in [-0.05, 0) is 50.3 Å². The Labute approximate surface area is 104 Å². The third-order valence-electron chi connectivity index (χ3n) is 3.64. The summed E-state index contributed by atoms with van der Waals surface area (Å²) in [5, 5.41) is 9.19. The molecule has 0 saturated carbocycles. The molecule has 1 N–H and O–H groups in total. The Morgan fingerprint density at radius 2 is 2.06 bits per heavy atom. The van der Waals surface area contributed by atoms with Gasteiger partial charge in [0.2, 0.25) is 0 Å². The first-order valence-electron chi connectivity index (χ1n) is 6.75. The van der Waals surface area contributed by atoms with Crippen LogP contribution in [0, 0.1) is 5.92 Å². The second-order valence-corrected chi connectivity index (χ2v) is 5.08. The number of aliphatic hydroxyl groups excluding tert-OH is 1. The molecule has 2 heteroatoms. The summed E-state index contributed by atoms with van der Waals surface area (Å²) in [5.41, 5.74) is 1.43. The van der Waals surface area contributed by atoms with Gasteiger partial charge in [0, 0.05) is 13.2 Å². The molecular formula is C15H23NO. The molecule has 1 saturated heterocycles. The molecule has 2 rings (SSSR count). The van der Waals surface area contributed by atoms with Crippen LogP contribution in [0.5, 0.6) is 0 Å². The summed E-state index contributed by atoms with van der Waals surface area (Å²) >= 11 is 0. The monoisotopic (exact) mass is 233 g/mol. The van der Waals surface area contributed by atoms with Crippen molar-refractivity contribution in [1.82, 2.24) is 4.90 Å². The maximum Gasteiger partial charge on any atom is 0.0471 e. The van der Waals surface area contributed by atoms with E-state index in [2.05, 4.69) is 35.2 Å². The van der Waals surface area contributed by atoms with E-state index in [9.17, 15) is 5.11 Å². The smallest absolute Gasteiger partial charge is 0.0471 e.